The van der Waals surface area contributed by atoms with Crippen molar-refractivity contribution in [2.24, 2.45) is 0 Å². The van der Waals surface area contributed by atoms with E-state index < -0.39 is 5.97 Å². The lowest BCUT2D eigenvalue weighted by Crippen LogP contribution is -2.30. The van der Waals surface area contributed by atoms with Gasteiger partial charge in [0.15, 0.2) is 0 Å². The van der Waals surface area contributed by atoms with Crippen molar-refractivity contribution in [2.75, 3.05) is 20.2 Å². The number of hydrogen-bond acceptors (Lipinski definition) is 3. The molecule has 0 bridgehead atoms. The van der Waals surface area contributed by atoms with Crippen LogP contribution in [0.5, 0.6) is 5.75 Å². The summed E-state index contributed by atoms with van der Waals surface area (Å²) in [5.41, 5.74) is 0.787. The van der Waals surface area contributed by atoms with E-state index in [0.717, 1.165) is 12.0 Å². The van der Waals surface area contributed by atoms with Crippen molar-refractivity contribution < 1.29 is 14.6 Å². The summed E-state index contributed by atoms with van der Waals surface area (Å²) in [4.78, 5) is 12.7. The number of aliphatic carboxylic acids is 1. The Morgan fingerprint density at radius 1 is 1.42 bits per heavy atom. The fraction of sp³-hybridized carbons (Fsp3) is 0.462. The molecule has 0 aliphatic rings. The molecule has 1 aromatic rings. The number of carbonyl (C=O) groups is 1. The third kappa shape index (κ3) is 4.90. The predicted octanol–water partition coefficient (Wildman–Crippen LogP) is 3.30. The van der Waals surface area contributed by atoms with E-state index in [1.54, 1.807) is 12.1 Å². The summed E-state index contributed by atoms with van der Waals surface area (Å²) in [7, 11) is 1.53. The molecule has 0 unspecified atom stereocenters. The molecule has 0 aliphatic heterocycles. The number of halogens is 2. The Kier molecular flexibility index (Phi) is 6.42. The molecule has 0 heterocycles. The number of carboxylic acid groups (broad SMARTS) is 1. The van der Waals surface area contributed by atoms with Crippen molar-refractivity contribution in [2.45, 2.75) is 19.9 Å². The van der Waals surface area contributed by atoms with E-state index in [2.05, 4.69) is 0 Å². The van der Waals surface area contributed by atoms with E-state index in [4.69, 9.17) is 33.0 Å². The number of nitrogens with zero attached hydrogens (tertiary/aromatic N) is 1. The highest BCUT2D eigenvalue weighted by Gasteiger charge is 2.15. The van der Waals surface area contributed by atoms with Crippen molar-refractivity contribution in [3.05, 3.63) is 27.7 Å². The lowest BCUT2D eigenvalue weighted by atomic mass is 10.1. The van der Waals surface area contributed by atoms with Gasteiger partial charge < -0.3 is 9.84 Å². The van der Waals surface area contributed by atoms with Gasteiger partial charge in [-0.15, -0.1) is 0 Å². The minimum Gasteiger partial charge on any atom is -0.495 e. The van der Waals surface area contributed by atoms with Gasteiger partial charge in [-0.1, -0.05) is 30.1 Å². The third-order valence-electron chi connectivity index (χ3n) is 2.58. The zero-order valence-electron chi connectivity index (χ0n) is 10.9. The topological polar surface area (TPSA) is 49.8 Å². The van der Waals surface area contributed by atoms with E-state index in [1.807, 2.05) is 11.8 Å². The molecule has 0 aromatic heterocycles. The van der Waals surface area contributed by atoms with E-state index in [1.165, 1.54) is 7.11 Å². The van der Waals surface area contributed by atoms with E-state index in [-0.39, 0.29) is 6.54 Å². The molecule has 1 N–H and O–H groups in total. The van der Waals surface area contributed by atoms with Gasteiger partial charge >= 0.3 is 5.97 Å². The van der Waals surface area contributed by atoms with Crippen LogP contribution in [0, 0.1) is 0 Å². The molecular formula is C13H17Cl2NO3. The molecule has 6 heteroatoms. The summed E-state index contributed by atoms with van der Waals surface area (Å²) >= 11 is 12.0. The molecule has 0 atom stereocenters. The number of benzene rings is 1. The van der Waals surface area contributed by atoms with E-state index in [9.17, 15) is 4.79 Å². The maximum Gasteiger partial charge on any atom is 0.317 e. The summed E-state index contributed by atoms with van der Waals surface area (Å²) < 4.78 is 5.25. The Hall–Kier alpha value is -0.970. The van der Waals surface area contributed by atoms with Crippen LogP contribution in [0.25, 0.3) is 0 Å². The molecule has 1 aromatic carbocycles. The number of methoxy groups -OCH3 is 1. The average molecular weight is 306 g/mol. The predicted molar refractivity (Wildman–Crippen MR) is 76.2 cm³/mol. The maximum atomic E-state index is 10.8. The Morgan fingerprint density at radius 3 is 2.63 bits per heavy atom. The van der Waals surface area contributed by atoms with Crippen molar-refractivity contribution >= 4 is 29.2 Å². The second-order valence-electron chi connectivity index (χ2n) is 4.18. The smallest absolute Gasteiger partial charge is 0.317 e. The lowest BCUT2D eigenvalue weighted by molar-refractivity contribution is -0.138. The summed E-state index contributed by atoms with van der Waals surface area (Å²) in [6, 6.07) is 3.35. The van der Waals surface area contributed by atoms with Crippen LogP contribution in [0.15, 0.2) is 12.1 Å². The largest absolute Gasteiger partial charge is 0.495 e. The Bertz CT molecular complexity index is 452. The zero-order chi connectivity index (χ0) is 14.4. The number of carboxylic acids is 1. The van der Waals surface area contributed by atoms with Crippen molar-refractivity contribution in [3.8, 4) is 5.75 Å². The fourth-order valence-electron chi connectivity index (χ4n) is 1.92. The second kappa shape index (κ2) is 7.58. The van der Waals surface area contributed by atoms with Crippen LogP contribution in [0.2, 0.25) is 10.0 Å². The molecule has 0 aliphatic carbocycles. The molecule has 0 fully saturated rings. The maximum absolute atomic E-state index is 10.8. The quantitative estimate of drug-likeness (QED) is 0.840. The molecule has 0 saturated heterocycles. The molecule has 19 heavy (non-hydrogen) atoms. The van der Waals surface area contributed by atoms with Gasteiger partial charge in [0.25, 0.3) is 0 Å². The van der Waals surface area contributed by atoms with Crippen LogP contribution in [-0.2, 0) is 11.3 Å². The normalized spacial score (nSPS) is 10.8. The summed E-state index contributed by atoms with van der Waals surface area (Å²) in [5.74, 6) is -0.321. The van der Waals surface area contributed by atoms with Crippen LogP contribution in [0.4, 0.5) is 0 Å². The fourth-order valence-corrected chi connectivity index (χ4v) is 2.53. The van der Waals surface area contributed by atoms with Gasteiger partial charge in [-0.25, -0.2) is 0 Å². The molecule has 0 saturated carbocycles. The summed E-state index contributed by atoms with van der Waals surface area (Å²) in [6.07, 6.45) is 0.865. The molecule has 106 valence electrons. The van der Waals surface area contributed by atoms with Crippen molar-refractivity contribution in [1.82, 2.24) is 4.90 Å². The third-order valence-corrected chi connectivity index (χ3v) is 3.08. The molecule has 0 radical (unpaired) electrons. The molecule has 1 rings (SSSR count). The SMILES string of the molecule is CCCN(CC(=O)O)Cc1cc(Cl)cc(Cl)c1OC. The highest BCUT2D eigenvalue weighted by Crippen LogP contribution is 2.32. The zero-order valence-corrected chi connectivity index (χ0v) is 12.5. The molecule has 4 nitrogen and oxygen atoms in total. The highest BCUT2D eigenvalue weighted by atomic mass is 35.5. The lowest BCUT2D eigenvalue weighted by Gasteiger charge is -2.21. The molecule has 0 amide bonds. The van der Waals surface area contributed by atoms with Crippen LogP contribution >= 0.6 is 23.2 Å². The first-order valence-electron chi connectivity index (χ1n) is 5.94. The van der Waals surface area contributed by atoms with Gasteiger partial charge in [0.05, 0.1) is 18.7 Å². The average Bonchev–Trinajstić information content (AvgIpc) is 2.27. The van der Waals surface area contributed by atoms with Gasteiger partial charge in [-0.2, -0.15) is 0 Å². The summed E-state index contributed by atoms with van der Waals surface area (Å²) in [6.45, 7) is 3.08. The van der Waals surface area contributed by atoms with Gasteiger partial charge in [0, 0.05) is 17.1 Å². The van der Waals surface area contributed by atoms with Gasteiger partial charge in [0.2, 0.25) is 0 Å². The van der Waals surface area contributed by atoms with Crippen LogP contribution in [0.1, 0.15) is 18.9 Å². The van der Waals surface area contributed by atoms with Gasteiger partial charge in [-0.05, 0) is 25.1 Å². The minimum atomic E-state index is -0.861. The van der Waals surface area contributed by atoms with Crippen LogP contribution < -0.4 is 4.74 Å². The molecular weight excluding hydrogens is 289 g/mol. The molecule has 0 spiro atoms. The Morgan fingerprint density at radius 2 is 2.11 bits per heavy atom. The Labute approximate surface area is 122 Å². The number of ether oxygens (including phenoxy) is 1. The van der Waals surface area contributed by atoms with E-state index in [0.29, 0.717) is 28.9 Å². The van der Waals surface area contributed by atoms with Gasteiger partial charge in [0.1, 0.15) is 5.75 Å². The first kappa shape index (κ1) is 16.1. The van der Waals surface area contributed by atoms with Crippen molar-refractivity contribution in [1.29, 1.82) is 0 Å². The van der Waals surface area contributed by atoms with E-state index >= 15 is 0 Å². The Balaban J connectivity index is 2.97. The van der Waals surface area contributed by atoms with Crippen molar-refractivity contribution in [3.63, 3.8) is 0 Å². The number of hydrogen-bond donors (Lipinski definition) is 1. The first-order chi connectivity index (χ1) is 8.97. The standard InChI is InChI=1S/C13H17Cl2NO3/c1-3-4-16(8-12(17)18)7-9-5-10(14)6-11(15)13(9)19-2/h5-6H,3-4,7-8H2,1-2H3,(H,17,18). The highest BCUT2D eigenvalue weighted by molar-refractivity contribution is 6.35. The minimum absolute atomic E-state index is 0.0267. The van der Waals surface area contributed by atoms with Gasteiger partial charge in [-0.3, -0.25) is 9.69 Å². The number of rotatable bonds is 7. The first-order valence-corrected chi connectivity index (χ1v) is 6.69. The van der Waals surface area contributed by atoms with Crippen LogP contribution in [-0.4, -0.2) is 36.2 Å². The summed E-state index contributed by atoms with van der Waals surface area (Å²) in [5, 5.41) is 9.83. The second-order valence-corrected chi connectivity index (χ2v) is 5.03. The van der Waals surface area contributed by atoms with Crippen LogP contribution in [0.3, 0.4) is 0 Å². The monoisotopic (exact) mass is 305 g/mol.